The van der Waals surface area contributed by atoms with Gasteiger partial charge in [-0.05, 0) is 80.5 Å². The van der Waals surface area contributed by atoms with Crippen LogP contribution in [0, 0.1) is 28.6 Å². The fraction of sp³-hybridized carbons (Fsp3) is 0.826. The first-order valence-electron chi connectivity index (χ1n) is 10.7. The van der Waals surface area contributed by atoms with Crippen molar-refractivity contribution < 1.29 is 14.3 Å². The molecule has 0 aromatic heterocycles. The van der Waals surface area contributed by atoms with Crippen LogP contribution >= 0.6 is 15.9 Å². The lowest BCUT2D eigenvalue weighted by atomic mass is 9.47. The number of halogens is 1. The summed E-state index contributed by atoms with van der Waals surface area (Å²) in [5.41, 5.74) is 1.05. The number of esters is 1. The third-order valence-electron chi connectivity index (χ3n) is 9.01. The number of carbonyl (C=O) groups is 2. The second kappa shape index (κ2) is 6.43. The van der Waals surface area contributed by atoms with Crippen LogP contribution in [-0.4, -0.2) is 22.2 Å². The van der Waals surface area contributed by atoms with Crippen LogP contribution in [0.2, 0.25) is 0 Å². The molecule has 0 unspecified atom stereocenters. The summed E-state index contributed by atoms with van der Waals surface area (Å²) in [5.74, 6) is 1.93. The molecule has 0 radical (unpaired) electrons. The molecule has 27 heavy (non-hydrogen) atoms. The highest BCUT2D eigenvalue weighted by atomic mass is 79.9. The second-order valence-electron chi connectivity index (χ2n) is 10.2. The zero-order valence-corrected chi connectivity index (χ0v) is 18.7. The summed E-state index contributed by atoms with van der Waals surface area (Å²) in [6.07, 6.45) is 11.0. The van der Waals surface area contributed by atoms with Crippen molar-refractivity contribution in [3.8, 4) is 0 Å². The van der Waals surface area contributed by atoms with E-state index in [2.05, 4.69) is 35.9 Å². The van der Waals surface area contributed by atoms with Gasteiger partial charge in [-0.15, -0.1) is 0 Å². The van der Waals surface area contributed by atoms with Gasteiger partial charge in [-0.2, -0.15) is 0 Å². The largest absolute Gasteiger partial charge is 0.451 e. The first kappa shape index (κ1) is 19.7. The molecule has 4 heteroatoms. The highest BCUT2D eigenvalue weighted by Crippen LogP contribution is 2.66. The molecule has 0 aromatic rings. The smallest absolute Gasteiger partial charge is 0.303 e. The maximum Gasteiger partial charge on any atom is 0.303 e. The Morgan fingerprint density at radius 1 is 1.07 bits per heavy atom. The van der Waals surface area contributed by atoms with Crippen LogP contribution in [0.25, 0.3) is 0 Å². The van der Waals surface area contributed by atoms with Gasteiger partial charge in [-0.1, -0.05) is 41.4 Å². The molecule has 4 rings (SSSR count). The van der Waals surface area contributed by atoms with E-state index in [1.807, 2.05) is 0 Å². The molecule has 3 fully saturated rings. The van der Waals surface area contributed by atoms with Crippen molar-refractivity contribution in [1.29, 1.82) is 0 Å². The maximum atomic E-state index is 12.4. The molecule has 7 atom stereocenters. The highest BCUT2D eigenvalue weighted by Gasteiger charge is 2.60. The van der Waals surface area contributed by atoms with Crippen LogP contribution in [-0.2, 0) is 14.3 Å². The van der Waals surface area contributed by atoms with Crippen molar-refractivity contribution in [2.24, 2.45) is 28.6 Å². The molecule has 4 aliphatic carbocycles. The van der Waals surface area contributed by atoms with E-state index in [4.69, 9.17) is 4.74 Å². The first-order valence-corrected chi connectivity index (χ1v) is 11.6. The Balaban J connectivity index is 1.65. The second-order valence-corrected chi connectivity index (χ2v) is 11.3. The summed E-state index contributed by atoms with van der Waals surface area (Å²) in [6.45, 7) is 7.93. The number of rotatable bonds is 2. The van der Waals surface area contributed by atoms with Crippen LogP contribution in [0.4, 0.5) is 0 Å². The third-order valence-corrected chi connectivity index (χ3v) is 10.5. The molecule has 3 nitrogen and oxygen atoms in total. The lowest BCUT2D eigenvalue weighted by Crippen LogP contribution is -2.54. The fourth-order valence-corrected chi connectivity index (χ4v) is 8.14. The van der Waals surface area contributed by atoms with E-state index in [-0.39, 0.29) is 17.2 Å². The zero-order valence-electron chi connectivity index (χ0n) is 17.1. The van der Waals surface area contributed by atoms with Gasteiger partial charge in [0.25, 0.3) is 0 Å². The van der Waals surface area contributed by atoms with Crippen LogP contribution in [0.3, 0.4) is 0 Å². The summed E-state index contributed by atoms with van der Waals surface area (Å²) in [4.78, 5) is 24.8. The molecule has 0 aliphatic heterocycles. The Hall–Kier alpha value is -0.640. The highest BCUT2D eigenvalue weighted by molar-refractivity contribution is 9.09. The van der Waals surface area contributed by atoms with E-state index in [9.17, 15) is 9.59 Å². The van der Waals surface area contributed by atoms with E-state index >= 15 is 0 Å². The Kier molecular flexibility index (Phi) is 4.69. The minimum absolute atomic E-state index is 0.00286. The molecule has 0 amide bonds. The minimum Gasteiger partial charge on any atom is -0.451 e. The Bertz CT molecular complexity index is 700. The summed E-state index contributed by atoms with van der Waals surface area (Å²) < 4.78 is 5.63. The van der Waals surface area contributed by atoms with E-state index < -0.39 is 5.60 Å². The molecule has 150 valence electrons. The van der Waals surface area contributed by atoms with Gasteiger partial charge in [-0.25, -0.2) is 0 Å². The number of Topliss-reactive ketones (excluding diaryl/α,β-unsaturated/α-hetero) is 1. The van der Waals surface area contributed by atoms with E-state index in [1.54, 1.807) is 6.92 Å². The molecular formula is C23H33BrO3. The monoisotopic (exact) mass is 436 g/mol. The zero-order chi connectivity index (χ0) is 19.6. The van der Waals surface area contributed by atoms with Gasteiger partial charge < -0.3 is 4.74 Å². The summed E-state index contributed by atoms with van der Waals surface area (Å²) in [5, 5.41) is 0. The van der Waals surface area contributed by atoms with Crippen molar-refractivity contribution in [1.82, 2.24) is 0 Å². The van der Waals surface area contributed by atoms with Crippen molar-refractivity contribution >= 4 is 27.7 Å². The van der Waals surface area contributed by atoms with Crippen LogP contribution < -0.4 is 0 Å². The molecule has 0 N–H and O–H groups in total. The standard InChI is InChI=1S/C23H33BrO3/c1-14(25)23(27-15(2)26)12-11-21(3)16(13-23)5-6-17-18-7-8-20(24)22(18,4)10-9-19(17)21/h5,17-20H,6-13H2,1-4H3/t17-,18-,19-,20-,21-,22-,23-/m0/s1. The van der Waals surface area contributed by atoms with E-state index in [1.165, 1.54) is 38.2 Å². The lowest BCUT2D eigenvalue weighted by molar-refractivity contribution is -0.170. The Labute approximate surface area is 171 Å². The van der Waals surface area contributed by atoms with Gasteiger partial charge in [0.2, 0.25) is 0 Å². The number of ketones is 1. The molecule has 0 spiro atoms. The topological polar surface area (TPSA) is 43.4 Å². The van der Waals surface area contributed by atoms with E-state index in [0.29, 0.717) is 29.0 Å². The number of ether oxygens (including phenoxy) is 1. The van der Waals surface area contributed by atoms with Crippen LogP contribution in [0.5, 0.6) is 0 Å². The maximum absolute atomic E-state index is 12.4. The lowest BCUT2D eigenvalue weighted by Gasteiger charge is -2.58. The predicted molar refractivity (Wildman–Crippen MR) is 110 cm³/mol. The average Bonchev–Trinajstić information content (AvgIpc) is 2.90. The Morgan fingerprint density at radius 3 is 2.48 bits per heavy atom. The van der Waals surface area contributed by atoms with Crippen LogP contribution in [0.1, 0.15) is 79.1 Å². The van der Waals surface area contributed by atoms with Gasteiger partial charge in [0, 0.05) is 18.2 Å². The molecular weight excluding hydrogens is 404 g/mol. The molecule has 0 aromatic carbocycles. The number of fused-ring (bicyclic) bond motifs is 5. The van der Waals surface area contributed by atoms with Crippen molar-refractivity contribution in [2.75, 3.05) is 0 Å². The minimum atomic E-state index is -0.929. The SMILES string of the molecule is CC(=O)O[C@@]1(C(C)=O)CC[C@@]2(C)C(=CC[C@H]3[C@@H]4CC[C@H](Br)[C@@]4(C)CC[C@@H]32)C1. The van der Waals surface area contributed by atoms with Gasteiger partial charge in [0.05, 0.1) is 0 Å². The fourth-order valence-electron chi connectivity index (χ4n) is 7.31. The van der Waals surface area contributed by atoms with Gasteiger partial charge in [-0.3, -0.25) is 9.59 Å². The average molecular weight is 437 g/mol. The summed E-state index contributed by atoms with van der Waals surface area (Å²) >= 11 is 3.99. The first-order chi connectivity index (χ1) is 12.6. The van der Waals surface area contributed by atoms with E-state index in [0.717, 1.165) is 24.7 Å². The normalized spacial score (nSPS) is 48.7. The number of alkyl halides is 1. The van der Waals surface area contributed by atoms with Gasteiger partial charge >= 0.3 is 5.97 Å². The number of hydrogen-bond acceptors (Lipinski definition) is 3. The van der Waals surface area contributed by atoms with Crippen molar-refractivity contribution in [3.05, 3.63) is 11.6 Å². The van der Waals surface area contributed by atoms with Crippen LogP contribution in [0.15, 0.2) is 11.6 Å². The molecule has 3 saturated carbocycles. The molecule has 0 bridgehead atoms. The molecule has 0 saturated heterocycles. The Morgan fingerprint density at radius 2 is 1.81 bits per heavy atom. The molecule has 4 aliphatic rings. The van der Waals surface area contributed by atoms with Crippen molar-refractivity contribution in [2.45, 2.75) is 89.5 Å². The summed E-state index contributed by atoms with van der Waals surface area (Å²) in [7, 11) is 0. The van der Waals surface area contributed by atoms with Gasteiger partial charge in [0.1, 0.15) is 0 Å². The number of carbonyl (C=O) groups excluding carboxylic acids is 2. The predicted octanol–water partition coefficient (Wildman–Crippen LogP) is 5.60. The van der Waals surface area contributed by atoms with Gasteiger partial charge in [0.15, 0.2) is 11.4 Å². The van der Waals surface area contributed by atoms with Crippen molar-refractivity contribution in [3.63, 3.8) is 0 Å². The number of allylic oxidation sites excluding steroid dienone is 1. The summed E-state index contributed by atoms with van der Waals surface area (Å²) in [6, 6.07) is 0. The number of hydrogen-bond donors (Lipinski definition) is 0. The third kappa shape index (κ3) is 2.80. The molecule has 0 heterocycles. The quantitative estimate of drug-likeness (QED) is 0.321.